The Balaban J connectivity index is 2.20. The molecule has 0 aromatic heterocycles. The van der Waals surface area contributed by atoms with Crippen molar-refractivity contribution in [1.82, 2.24) is 4.31 Å². The standard InChI is InChI=1S/C15H18N2O3S/c1-17(2)21(18,19)15-8-6-13(7-9-15)20-14-5-3-4-12(10-14)11-16/h3-10H,11,16H2,1-2H3. The van der Waals surface area contributed by atoms with E-state index in [-0.39, 0.29) is 4.90 Å². The van der Waals surface area contributed by atoms with E-state index in [0.717, 1.165) is 5.56 Å². The summed E-state index contributed by atoms with van der Waals surface area (Å²) in [4.78, 5) is 0.232. The molecule has 0 heterocycles. The molecule has 2 aromatic carbocycles. The Morgan fingerprint density at radius 3 is 2.29 bits per heavy atom. The summed E-state index contributed by atoms with van der Waals surface area (Å²) in [6.45, 7) is 0.442. The Morgan fingerprint density at radius 1 is 1.05 bits per heavy atom. The summed E-state index contributed by atoms with van der Waals surface area (Å²) in [7, 11) is -0.420. The summed E-state index contributed by atoms with van der Waals surface area (Å²) < 4.78 is 30.8. The predicted octanol–water partition coefficient (Wildman–Crippen LogP) is 2.19. The average molecular weight is 306 g/mol. The summed E-state index contributed by atoms with van der Waals surface area (Å²) >= 11 is 0. The second-order valence-corrected chi connectivity index (χ2v) is 6.86. The van der Waals surface area contributed by atoms with Crippen molar-refractivity contribution < 1.29 is 13.2 Å². The zero-order valence-corrected chi connectivity index (χ0v) is 12.8. The van der Waals surface area contributed by atoms with Crippen molar-refractivity contribution in [1.29, 1.82) is 0 Å². The summed E-state index contributed by atoms with van der Waals surface area (Å²) in [6.07, 6.45) is 0. The van der Waals surface area contributed by atoms with E-state index < -0.39 is 10.0 Å². The Bertz CT molecular complexity index is 710. The molecule has 21 heavy (non-hydrogen) atoms. The smallest absolute Gasteiger partial charge is 0.242 e. The third kappa shape index (κ3) is 3.60. The van der Waals surface area contributed by atoms with Crippen molar-refractivity contribution >= 4 is 10.0 Å². The number of ether oxygens (including phenoxy) is 1. The van der Waals surface area contributed by atoms with Crippen LogP contribution in [0.1, 0.15) is 5.56 Å². The lowest BCUT2D eigenvalue weighted by Crippen LogP contribution is -2.22. The third-order valence-electron chi connectivity index (χ3n) is 2.97. The molecule has 6 heteroatoms. The molecular formula is C15H18N2O3S. The van der Waals surface area contributed by atoms with Crippen molar-refractivity contribution in [2.45, 2.75) is 11.4 Å². The zero-order chi connectivity index (χ0) is 15.5. The Kier molecular flexibility index (Phi) is 4.62. The number of hydrogen-bond acceptors (Lipinski definition) is 4. The Labute approximate surface area is 125 Å². The number of rotatable bonds is 5. The second kappa shape index (κ2) is 6.26. The summed E-state index contributed by atoms with van der Waals surface area (Å²) in [5.74, 6) is 1.24. The van der Waals surface area contributed by atoms with E-state index in [1.54, 1.807) is 12.1 Å². The lowest BCUT2D eigenvalue weighted by molar-refractivity contribution is 0.481. The summed E-state index contributed by atoms with van der Waals surface area (Å²) in [6, 6.07) is 13.8. The second-order valence-electron chi connectivity index (χ2n) is 4.71. The fraction of sp³-hybridized carbons (Fsp3) is 0.200. The minimum Gasteiger partial charge on any atom is -0.457 e. The van der Waals surface area contributed by atoms with Crippen LogP contribution in [-0.4, -0.2) is 26.8 Å². The molecule has 2 rings (SSSR count). The molecule has 112 valence electrons. The number of nitrogens with zero attached hydrogens (tertiary/aromatic N) is 1. The fourth-order valence-corrected chi connectivity index (χ4v) is 2.66. The Hall–Kier alpha value is -1.89. The number of sulfonamides is 1. The van der Waals surface area contributed by atoms with Crippen molar-refractivity contribution in [3.8, 4) is 11.5 Å². The lowest BCUT2D eigenvalue weighted by atomic mass is 10.2. The average Bonchev–Trinajstić information content (AvgIpc) is 2.48. The van der Waals surface area contributed by atoms with E-state index in [9.17, 15) is 8.42 Å². The molecule has 0 saturated heterocycles. The van der Waals surface area contributed by atoms with Gasteiger partial charge in [-0.2, -0.15) is 0 Å². The predicted molar refractivity (Wildman–Crippen MR) is 81.7 cm³/mol. The van der Waals surface area contributed by atoms with Gasteiger partial charge >= 0.3 is 0 Å². The number of hydrogen-bond donors (Lipinski definition) is 1. The molecule has 0 aliphatic carbocycles. The van der Waals surface area contributed by atoms with Gasteiger partial charge in [-0.25, -0.2) is 12.7 Å². The van der Waals surface area contributed by atoms with E-state index in [1.165, 1.54) is 30.5 Å². The first-order chi connectivity index (χ1) is 9.93. The van der Waals surface area contributed by atoms with Crippen LogP contribution < -0.4 is 10.5 Å². The number of benzene rings is 2. The molecule has 0 spiro atoms. The molecule has 2 aromatic rings. The van der Waals surface area contributed by atoms with E-state index in [4.69, 9.17) is 10.5 Å². The molecule has 0 amide bonds. The van der Waals surface area contributed by atoms with Crippen LogP contribution in [0.5, 0.6) is 11.5 Å². The molecule has 0 fully saturated rings. The highest BCUT2D eigenvalue weighted by molar-refractivity contribution is 7.89. The maximum Gasteiger partial charge on any atom is 0.242 e. The van der Waals surface area contributed by atoms with Crippen LogP contribution >= 0.6 is 0 Å². The highest BCUT2D eigenvalue weighted by Crippen LogP contribution is 2.24. The van der Waals surface area contributed by atoms with Gasteiger partial charge in [-0.3, -0.25) is 0 Å². The molecule has 5 nitrogen and oxygen atoms in total. The van der Waals surface area contributed by atoms with Crippen LogP contribution in [-0.2, 0) is 16.6 Å². The van der Waals surface area contributed by atoms with Gasteiger partial charge in [-0.15, -0.1) is 0 Å². The van der Waals surface area contributed by atoms with Gasteiger partial charge in [0.25, 0.3) is 0 Å². The molecule has 0 bridgehead atoms. The Morgan fingerprint density at radius 2 is 1.71 bits per heavy atom. The van der Waals surface area contributed by atoms with Crippen molar-refractivity contribution in [3.63, 3.8) is 0 Å². The van der Waals surface area contributed by atoms with E-state index >= 15 is 0 Å². The van der Waals surface area contributed by atoms with E-state index in [0.29, 0.717) is 18.0 Å². The molecule has 0 radical (unpaired) electrons. The van der Waals surface area contributed by atoms with Gasteiger partial charge in [0.1, 0.15) is 11.5 Å². The van der Waals surface area contributed by atoms with Crippen LogP contribution in [0, 0.1) is 0 Å². The van der Waals surface area contributed by atoms with E-state index in [1.807, 2.05) is 24.3 Å². The third-order valence-corrected chi connectivity index (χ3v) is 4.80. The molecule has 0 aliphatic rings. The van der Waals surface area contributed by atoms with Gasteiger partial charge in [0.2, 0.25) is 10.0 Å². The van der Waals surface area contributed by atoms with Gasteiger partial charge < -0.3 is 10.5 Å². The molecule has 2 N–H and O–H groups in total. The normalized spacial score (nSPS) is 11.6. The van der Waals surface area contributed by atoms with Gasteiger partial charge in [-0.05, 0) is 42.0 Å². The maximum absolute atomic E-state index is 12.0. The zero-order valence-electron chi connectivity index (χ0n) is 12.0. The van der Waals surface area contributed by atoms with Crippen molar-refractivity contribution in [2.24, 2.45) is 5.73 Å². The highest BCUT2D eigenvalue weighted by atomic mass is 32.2. The summed E-state index contributed by atoms with van der Waals surface area (Å²) in [5.41, 5.74) is 6.55. The first kappa shape index (κ1) is 15.5. The topological polar surface area (TPSA) is 72.6 Å². The van der Waals surface area contributed by atoms with Crippen molar-refractivity contribution in [3.05, 3.63) is 54.1 Å². The number of nitrogens with two attached hydrogens (primary N) is 1. The summed E-state index contributed by atoms with van der Waals surface area (Å²) in [5, 5.41) is 0. The van der Waals surface area contributed by atoms with Crippen LogP contribution in [0.25, 0.3) is 0 Å². The maximum atomic E-state index is 12.0. The van der Waals surface area contributed by atoms with Gasteiger partial charge in [0.15, 0.2) is 0 Å². The van der Waals surface area contributed by atoms with Crippen LogP contribution in [0.15, 0.2) is 53.4 Å². The molecule has 0 saturated carbocycles. The van der Waals surface area contributed by atoms with Crippen molar-refractivity contribution in [2.75, 3.05) is 14.1 Å². The SMILES string of the molecule is CN(C)S(=O)(=O)c1ccc(Oc2cccc(CN)c2)cc1. The first-order valence-corrected chi connectivity index (χ1v) is 7.87. The monoisotopic (exact) mass is 306 g/mol. The molecule has 0 unspecified atom stereocenters. The quantitative estimate of drug-likeness (QED) is 0.919. The lowest BCUT2D eigenvalue weighted by Gasteiger charge is -2.12. The van der Waals surface area contributed by atoms with Crippen LogP contribution in [0.4, 0.5) is 0 Å². The van der Waals surface area contributed by atoms with Gasteiger partial charge in [0, 0.05) is 20.6 Å². The van der Waals surface area contributed by atoms with Crippen LogP contribution in [0.3, 0.4) is 0 Å². The minimum atomic E-state index is -3.42. The largest absolute Gasteiger partial charge is 0.457 e. The van der Waals surface area contributed by atoms with Crippen LogP contribution in [0.2, 0.25) is 0 Å². The van der Waals surface area contributed by atoms with E-state index in [2.05, 4.69) is 0 Å². The van der Waals surface area contributed by atoms with Gasteiger partial charge in [-0.1, -0.05) is 12.1 Å². The molecule has 0 aliphatic heterocycles. The first-order valence-electron chi connectivity index (χ1n) is 6.43. The molecular weight excluding hydrogens is 288 g/mol. The fourth-order valence-electron chi connectivity index (χ4n) is 1.76. The highest BCUT2D eigenvalue weighted by Gasteiger charge is 2.16. The minimum absolute atomic E-state index is 0.232. The molecule has 0 atom stereocenters. The van der Waals surface area contributed by atoms with Gasteiger partial charge in [0.05, 0.1) is 4.90 Å².